The number of ether oxygens (including phenoxy) is 1. The fourth-order valence-corrected chi connectivity index (χ4v) is 2.00. The molecule has 21 heavy (non-hydrogen) atoms. The summed E-state index contributed by atoms with van der Waals surface area (Å²) in [4.78, 5) is 6.43. The summed E-state index contributed by atoms with van der Waals surface area (Å²) in [6.45, 7) is 5.31. The standard InChI is InChI=1S/C16H20FN3O/c1-3-11-21-16-14(18)9-10-15(19-16)20(4-2)13-7-5-12(17)6-8-13/h5-10H,3-4,11,18H2,1-2H3. The third-order valence-corrected chi connectivity index (χ3v) is 3.05. The zero-order valence-electron chi connectivity index (χ0n) is 12.3. The van der Waals surface area contributed by atoms with Crippen molar-refractivity contribution >= 4 is 17.2 Å². The van der Waals surface area contributed by atoms with Gasteiger partial charge < -0.3 is 15.4 Å². The highest BCUT2D eigenvalue weighted by Crippen LogP contribution is 2.28. The minimum atomic E-state index is -0.257. The van der Waals surface area contributed by atoms with Crippen LogP contribution < -0.4 is 15.4 Å². The van der Waals surface area contributed by atoms with E-state index in [0.717, 1.165) is 17.9 Å². The fourth-order valence-electron chi connectivity index (χ4n) is 2.00. The second-order valence-electron chi connectivity index (χ2n) is 4.63. The Morgan fingerprint density at radius 3 is 2.48 bits per heavy atom. The lowest BCUT2D eigenvalue weighted by molar-refractivity contribution is 0.307. The van der Waals surface area contributed by atoms with Crippen molar-refractivity contribution in [3.63, 3.8) is 0 Å². The van der Waals surface area contributed by atoms with Crippen molar-refractivity contribution < 1.29 is 9.13 Å². The second-order valence-corrected chi connectivity index (χ2v) is 4.63. The van der Waals surface area contributed by atoms with Crippen LogP contribution in [0, 0.1) is 5.82 Å². The molecule has 0 spiro atoms. The van der Waals surface area contributed by atoms with Crippen molar-refractivity contribution in [1.29, 1.82) is 0 Å². The molecule has 1 aromatic heterocycles. The Labute approximate surface area is 124 Å². The molecule has 1 aromatic carbocycles. The van der Waals surface area contributed by atoms with E-state index in [4.69, 9.17) is 10.5 Å². The van der Waals surface area contributed by atoms with Crippen LogP contribution in [0.15, 0.2) is 36.4 Å². The van der Waals surface area contributed by atoms with Gasteiger partial charge in [0.2, 0.25) is 5.88 Å². The molecule has 0 radical (unpaired) electrons. The monoisotopic (exact) mass is 289 g/mol. The van der Waals surface area contributed by atoms with Gasteiger partial charge in [-0.05, 0) is 49.7 Å². The summed E-state index contributed by atoms with van der Waals surface area (Å²) in [5, 5.41) is 0. The van der Waals surface area contributed by atoms with Gasteiger partial charge in [0, 0.05) is 12.2 Å². The molecule has 5 heteroatoms. The maximum absolute atomic E-state index is 13.0. The highest BCUT2D eigenvalue weighted by molar-refractivity contribution is 5.63. The number of benzene rings is 1. The Bertz CT molecular complexity index is 587. The molecular weight excluding hydrogens is 269 g/mol. The summed E-state index contributed by atoms with van der Waals surface area (Å²) in [7, 11) is 0. The van der Waals surface area contributed by atoms with Gasteiger partial charge in [-0.25, -0.2) is 4.39 Å². The molecule has 0 saturated carbocycles. The maximum Gasteiger partial charge on any atom is 0.239 e. The zero-order chi connectivity index (χ0) is 15.2. The van der Waals surface area contributed by atoms with E-state index in [1.54, 1.807) is 18.2 Å². The predicted octanol–water partition coefficient (Wildman–Crippen LogP) is 3.75. The summed E-state index contributed by atoms with van der Waals surface area (Å²) in [6, 6.07) is 9.93. The van der Waals surface area contributed by atoms with Crippen LogP contribution in [0.3, 0.4) is 0 Å². The average Bonchev–Trinajstić information content (AvgIpc) is 2.50. The lowest BCUT2D eigenvalue weighted by Gasteiger charge is -2.23. The highest BCUT2D eigenvalue weighted by atomic mass is 19.1. The third kappa shape index (κ3) is 3.62. The molecule has 0 aliphatic heterocycles. The molecule has 0 saturated heterocycles. The number of nitrogen functional groups attached to an aromatic ring is 1. The molecular formula is C16H20FN3O. The van der Waals surface area contributed by atoms with Gasteiger partial charge in [-0.2, -0.15) is 4.98 Å². The second kappa shape index (κ2) is 6.92. The van der Waals surface area contributed by atoms with E-state index >= 15 is 0 Å². The van der Waals surface area contributed by atoms with Crippen molar-refractivity contribution in [2.24, 2.45) is 0 Å². The number of hydrogen-bond acceptors (Lipinski definition) is 4. The Hall–Kier alpha value is -2.30. The zero-order valence-corrected chi connectivity index (χ0v) is 12.3. The van der Waals surface area contributed by atoms with E-state index in [2.05, 4.69) is 4.98 Å². The number of nitrogens with zero attached hydrogens (tertiary/aromatic N) is 2. The van der Waals surface area contributed by atoms with Crippen LogP contribution in [0.1, 0.15) is 20.3 Å². The SMILES string of the molecule is CCCOc1nc(N(CC)c2ccc(F)cc2)ccc1N. The largest absolute Gasteiger partial charge is 0.476 e. The molecule has 0 fully saturated rings. The molecule has 2 rings (SSSR count). The smallest absolute Gasteiger partial charge is 0.239 e. The topological polar surface area (TPSA) is 51.4 Å². The van der Waals surface area contributed by atoms with Gasteiger partial charge in [0.15, 0.2) is 0 Å². The molecule has 0 atom stereocenters. The van der Waals surface area contributed by atoms with Gasteiger partial charge in [-0.15, -0.1) is 0 Å². The molecule has 0 aliphatic rings. The van der Waals surface area contributed by atoms with Crippen LogP contribution in [-0.4, -0.2) is 18.1 Å². The van der Waals surface area contributed by atoms with Gasteiger partial charge in [0.1, 0.15) is 11.6 Å². The predicted molar refractivity (Wildman–Crippen MR) is 83.5 cm³/mol. The third-order valence-electron chi connectivity index (χ3n) is 3.05. The summed E-state index contributed by atoms with van der Waals surface area (Å²) >= 11 is 0. The van der Waals surface area contributed by atoms with Crippen LogP contribution in [0.4, 0.5) is 21.6 Å². The van der Waals surface area contributed by atoms with Crippen molar-refractivity contribution in [2.75, 3.05) is 23.8 Å². The first-order valence-corrected chi connectivity index (χ1v) is 7.08. The molecule has 2 N–H and O–H groups in total. The Kier molecular flexibility index (Phi) is 4.98. The van der Waals surface area contributed by atoms with Crippen molar-refractivity contribution in [2.45, 2.75) is 20.3 Å². The van der Waals surface area contributed by atoms with Crippen LogP contribution in [0.25, 0.3) is 0 Å². The van der Waals surface area contributed by atoms with Crippen molar-refractivity contribution in [1.82, 2.24) is 4.98 Å². The summed E-state index contributed by atoms with van der Waals surface area (Å²) in [5.74, 6) is 0.909. The van der Waals surface area contributed by atoms with Crippen molar-refractivity contribution in [3.8, 4) is 5.88 Å². The minimum Gasteiger partial charge on any atom is -0.476 e. The number of hydrogen-bond donors (Lipinski definition) is 1. The van der Waals surface area contributed by atoms with Gasteiger partial charge >= 0.3 is 0 Å². The van der Waals surface area contributed by atoms with Gasteiger partial charge in [-0.3, -0.25) is 0 Å². The molecule has 4 nitrogen and oxygen atoms in total. The summed E-state index contributed by atoms with van der Waals surface area (Å²) in [6.07, 6.45) is 0.890. The van der Waals surface area contributed by atoms with E-state index in [1.807, 2.05) is 24.8 Å². The first-order valence-electron chi connectivity index (χ1n) is 7.08. The Morgan fingerprint density at radius 1 is 1.14 bits per heavy atom. The van der Waals surface area contributed by atoms with Crippen LogP contribution in [0.2, 0.25) is 0 Å². The highest BCUT2D eigenvalue weighted by Gasteiger charge is 2.12. The molecule has 0 unspecified atom stereocenters. The number of rotatable bonds is 6. The molecule has 2 aromatic rings. The minimum absolute atomic E-state index is 0.257. The van der Waals surface area contributed by atoms with E-state index in [9.17, 15) is 4.39 Å². The summed E-state index contributed by atoms with van der Waals surface area (Å²) in [5.41, 5.74) is 7.26. The number of nitrogens with two attached hydrogens (primary N) is 1. The van der Waals surface area contributed by atoms with E-state index < -0.39 is 0 Å². The number of halogens is 1. The van der Waals surface area contributed by atoms with E-state index in [1.165, 1.54) is 12.1 Å². The Balaban J connectivity index is 2.31. The van der Waals surface area contributed by atoms with E-state index in [0.29, 0.717) is 24.7 Å². The van der Waals surface area contributed by atoms with Gasteiger partial charge in [0.25, 0.3) is 0 Å². The maximum atomic E-state index is 13.0. The lowest BCUT2D eigenvalue weighted by Crippen LogP contribution is -2.18. The first kappa shape index (κ1) is 15.1. The molecule has 0 aliphatic carbocycles. The fraction of sp³-hybridized carbons (Fsp3) is 0.312. The first-order chi connectivity index (χ1) is 10.2. The Morgan fingerprint density at radius 2 is 1.86 bits per heavy atom. The van der Waals surface area contributed by atoms with Gasteiger partial charge in [-0.1, -0.05) is 6.92 Å². The molecule has 112 valence electrons. The van der Waals surface area contributed by atoms with Crippen LogP contribution in [-0.2, 0) is 0 Å². The van der Waals surface area contributed by atoms with E-state index in [-0.39, 0.29) is 5.82 Å². The molecule has 0 bridgehead atoms. The quantitative estimate of drug-likeness (QED) is 0.880. The van der Waals surface area contributed by atoms with Crippen LogP contribution >= 0.6 is 0 Å². The van der Waals surface area contributed by atoms with Crippen molar-refractivity contribution in [3.05, 3.63) is 42.2 Å². The number of anilines is 3. The summed E-state index contributed by atoms with van der Waals surface area (Å²) < 4.78 is 18.6. The van der Waals surface area contributed by atoms with Crippen LogP contribution in [0.5, 0.6) is 5.88 Å². The molecule has 0 amide bonds. The average molecular weight is 289 g/mol. The lowest BCUT2D eigenvalue weighted by atomic mass is 10.2. The number of pyridine rings is 1. The number of aromatic nitrogens is 1. The van der Waals surface area contributed by atoms with Gasteiger partial charge in [0.05, 0.1) is 12.3 Å². The molecule has 1 heterocycles. The normalized spacial score (nSPS) is 10.4.